The molecule has 9 rings (SSSR count). The molecule has 0 amide bonds. The number of anilines is 3. The van der Waals surface area contributed by atoms with E-state index in [1.165, 1.54) is 55.6 Å². The number of aliphatic hydroxyl groups is 1. The summed E-state index contributed by atoms with van der Waals surface area (Å²) < 4.78 is 0. The maximum Gasteiger partial charge on any atom is 0.0837 e. The zero-order valence-electron chi connectivity index (χ0n) is 31.4. The largest absolute Gasteiger partial charge is 0.386 e. The fraction of sp³-hybridized carbons (Fsp3) is 0.154. The van der Waals surface area contributed by atoms with Gasteiger partial charge >= 0.3 is 0 Å². The van der Waals surface area contributed by atoms with Gasteiger partial charge in [-0.3, -0.25) is 0 Å². The van der Waals surface area contributed by atoms with Crippen LogP contribution < -0.4 is 4.90 Å². The van der Waals surface area contributed by atoms with Crippen LogP contribution in [-0.2, 0) is 10.8 Å². The van der Waals surface area contributed by atoms with Crippen LogP contribution in [0.2, 0.25) is 0 Å². The van der Waals surface area contributed by atoms with Crippen LogP contribution in [0.3, 0.4) is 0 Å². The average molecular weight is 700 g/mol. The molecule has 264 valence electrons. The Morgan fingerprint density at radius 3 is 1.63 bits per heavy atom. The second-order valence-corrected chi connectivity index (χ2v) is 15.7. The van der Waals surface area contributed by atoms with E-state index >= 15 is 0 Å². The standard InChI is InChI=1S/C52H45NO/c1-6-51(5,54)35(2)52(38-19-11-8-12-20-38)47-24-16-14-22-43(47)45-32-30-41(34-49(45)52)53(39-27-25-37(26-28-39)36-17-9-7-10-18-36)40-29-31-44-42-21-13-15-23-46(42)50(3,4)48(44)33-40/h6-35,54H,1H2,2-5H3/t35-,51?,52+/m0/s1. The van der Waals surface area contributed by atoms with E-state index in [1.807, 2.05) is 6.92 Å². The lowest BCUT2D eigenvalue weighted by molar-refractivity contribution is 0.0324. The molecule has 3 atom stereocenters. The highest BCUT2D eigenvalue weighted by molar-refractivity contribution is 5.90. The van der Waals surface area contributed by atoms with Gasteiger partial charge in [-0.25, -0.2) is 0 Å². The van der Waals surface area contributed by atoms with Crippen LogP contribution in [0.25, 0.3) is 33.4 Å². The number of fused-ring (bicyclic) bond motifs is 6. The van der Waals surface area contributed by atoms with Gasteiger partial charge in [0.2, 0.25) is 0 Å². The molecule has 0 heterocycles. The second kappa shape index (κ2) is 12.6. The molecular formula is C52H45NO. The number of hydrogen-bond donors (Lipinski definition) is 1. The second-order valence-electron chi connectivity index (χ2n) is 15.7. The van der Waals surface area contributed by atoms with Crippen LogP contribution in [0, 0.1) is 5.92 Å². The van der Waals surface area contributed by atoms with Crippen molar-refractivity contribution in [3.8, 4) is 33.4 Å². The van der Waals surface area contributed by atoms with E-state index < -0.39 is 11.0 Å². The predicted octanol–water partition coefficient (Wildman–Crippen LogP) is 13.0. The highest BCUT2D eigenvalue weighted by atomic mass is 16.3. The Balaban J connectivity index is 1.29. The Hall–Kier alpha value is -5.96. The summed E-state index contributed by atoms with van der Waals surface area (Å²) >= 11 is 0. The molecule has 7 aromatic rings. The van der Waals surface area contributed by atoms with E-state index in [0.29, 0.717) is 0 Å². The first-order valence-corrected chi connectivity index (χ1v) is 19.0. The van der Waals surface area contributed by atoms with E-state index in [4.69, 9.17) is 0 Å². The SMILES string of the molecule is C=CC(C)(O)[C@H](C)[C@@]1(c2ccccc2)c2ccccc2-c2ccc(N(c3ccc(-c4ccccc4)cc3)c3ccc4c(c3)C(C)(C)c3ccccc3-4)cc21. The van der Waals surface area contributed by atoms with Crippen LogP contribution in [-0.4, -0.2) is 10.7 Å². The molecule has 0 aromatic heterocycles. The summed E-state index contributed by atoms with van der Waals surface area (Å²) in [5.41, 5.74) is 14.9. The summed E-state index contributed by atoms with van der Waals surface area (Å²) in [7, 11) is 0. The van der Waals surface area contributed by atoms with E-state index in [-0.39, 0.29) is 11.3 Å². The van der Waals surface area contributed by atoms with Gasteiger partial charge in [-0.05, 0) is 105 Å². The van der Waals surface area contributed by atoms with Crippen LogP contribution in [0.4, 0.5) is 17.1 Å². The van der Waals surface area contributed by atoms with Crippen molar-refractivity contribution in [3.05, 3.63) is 210 Å². The number of benzene rings is 7. The minimum absolute atomic E-state index is 0.140. The molecule has 0 spiro atoms. The Morgan fingerprint density at radius 1 is 0.537 bits per heavy atom. The van der Waals surface area contributed by atoms with Crippen molar-refractivity contribution in [1.29, 1.82) is 0 Å². The highest BCUT2D eigenvalue weighted by Crippen LogP contribution is 2.59. The molecule has 0 radical (unpaired) electrons. The van der Waals surface area contributed by atoms with E-state index in [0.717, 1.165) is 22.6 Å². The minimum atomic E-state index is -1.16. The van der Waals surface area contributed by atoms with Crippen molar-refractivity contribution in [2.45, 2.75) is 44.1 Å². The third-order valence-electron chi connectivity index (χ3n) is 12.6. The molecule has 1 N–H and O–H groups in total. The fourth-order valence-electron chi connectivity index (χ4n) is 9.50. The number of hydrogen-bond acceptors (Lipinski definition) is 2. The summed E-state index contributed by atoms with van der Waals surface area (Å²) in [6, 6.07) is 61.7. The lowest BCUT2D eigenvalue weighted by Crippen LogP contribution is -2.46. The Kier molecular flexibility index (Phi) is 7.88. The summed E-state index contributed by atoms with van der Waals surface area (Å²) in [6.45, 7) is 12.9. The van der Waals surface area contributed by atoms with Crippen molar-refractivity contribution in [1.82, 2.24) is 0 Å². The van der Waals surface area contributed by atoms with Gasteiger partial charge in [-0.2, -0.15) is 0 Å². The van der Waals surface area contributed by atoms with Crippen molar-refractivity contribution >= 4 is 17.1 Å². The van der Waals surface area contributed by atoms with Crippen molar-refractivity contribution in [3.63, 3.8) is 0 Å². The maximum atomic E-state index is 12.1. The molecule has 0 aliphatic heterocycles. The van der Waals surface area contributed by atoms with Crippen LogP contribution in [0.15, 0.2) is 183 Å². The van der Waals surface area contributed by atoms with Crippen LogP contribution >= 0.6 is 0 Å². The van der Waals surface area contributed by atoms with Gasteiger partial charge in [-0.1, -0.05) is 160 Å². The number of rotatable bonds is 8. The molecule has 0 bridgehead atoms. The van der Waals surface area contributed by atoms with Gasteiger partial charge in [0.15, 0.2) is 0 Å². The van der Waals surface area contributed by atoms with E-state index in [2.05, 4.69) is 202 Å². The maximum absolute atomic E-state index is 12.1. The normalized spacial score (nSPS) is 17.7. The summed E-state index contributed by atoms with van der Waals surface area (Å²) in [5, 5.41) is 12.1. The monoisotopic (exact) mass is 699 g/mol. The summed E-state index contributed by atoms with van der Waals surface area (Å²) in [5.74, 6) is -0.250. The smallest absolute Gasteiger partial charge is 0.0837 e. The predicted molar refractivity (Wildman–Crippen MR) is 226 cm³/mol. The molecule has 54 heavy (non-hydrogen) atoms. The summed E-state index contributed by atoms with van der Waals surface area (Å²) in [4.78, 5) is 2.41. The average Bonchev–Trinajstić information content (AvgIpc) is 3.64. The van der Waals surface area contributed by atoms with Gasteiger partial charge in [0.25, 0.3) is 0 Å². The van der Waals surface area contributed by atoms with E-state index in [1.54, 1.807) is 6.08 Å². The molecule has 0 saturated heterocycles. The quantitative estimate of drug-likeness (QED) is 0.160. The van der Waals surface area contributed by atoms with Crippen molar-refractivity contribution in [2.24, 2.45) is 5.92 Å². The molecule has 2 heteroatoms. The lowest BCUT2D eigenvalue weighted by Gasteiger charge is -2.44. The Labute approximate surface area is 319 Å². The molecule has 1 unspecified atom stereocenters. The minimum Gasteiger partial charge on any atom is -0.386 e. The Morgan fingerprint density at radius 2 is 1.00 bits per heavy atom. The molecule has 2 aliphatic rings. The first-order valence-electron chi connectivity index (χ1n) is 19.0. The lowest BCUT2D eigenvalue weighted by atomic mass is 9.60. The molecule has 0 fully saturated rings. The van der Waals surface area contributed by atoms with Gasteiger partial charge in [-0.15, -0.1) is 6.58 Å². The van der Waals surface area contributed by atoms with Gasteiger partial charge in [0, 0.05) is 28.4 Å². The van der Waals surface area contributed by atoms with Gasteiger partial charge in [0.1, 0.15) is 0 Å². The first-order chi connectivity index (χ1) is 26.2. The van der Waals surface area contributed by atoms with Crippen molar-refractivity contribution in [2.75, 3.05) is 4.90 Å². The zero-order chi connectivity index (χ0) is 37.2. The van der Waals surface area contributed by atoms with Crippen molar-refractivity contribution < 1.29 is 5.11 Å². The topological polar surface area (TPSA) is 23.5 Å². The van der Waals surface area contributed by atoms with Gasteiger partial charge in [0.05, 0.1) is 11.0 Å². The number of nitrogens with zero attached hydrogens (tertiary/aromatic N) is 1. The Bertz CT molecular complexity index is 2530. The third-order valence-corrected chi connectivity index (χ3v) is 12.6. The molecule has 2 nitrogen and oxygen atoms in total. The molecular weight excluding hydrogens is 655 g/mol. The molecule has 2 aliphatic carbocycles. The van der Waals surface area contributed by atoms with Crippen LogP contribution in [0.5, 0.6) is 0 Å². The third kappa shape index (κ3) is 4.97. The molecule has 7 aromatic carbocycles. The van der Waals surface area contributed by atoms with Gasteiger partial charge < -0.3 is 10.0 Å². The van der Waals surface area contributed by atoms with Crippen LogP contribution in [0.1, 0.15) is 55.5 Å². The van der Waals surface area contributed by atoms with E-state index in [9.17, 15) is 5.11 Å². The fourth-order valence-corrected chi connectivity index (χ4v) is 9.50. The summed E-state index contributed by atoms with van der Waals surface area (Å²) in [6.07, 6.45) is 1.71. The first kappa shape index (κ1) is 33.8. The highest BCUT2D eigenvalue weighted by Gasteiger charge is 2.53. The molecule has 0 saturated carbocycles. The zero-order valence-corrected chi connectivity index (χ0v) is 31.4.